The Morgan fingerprint density at radius 3 is 2.88 bits per heavy atom. The molecule has 16 heavy (non-hydrogen) atoms. The van der Waals surface area contributed by atoms with Crippen LogP contribution in [0.5, 0.6) is 0 Å². The Balaban J connectivity index is 2.96. The SMILES string of the molecule is CSCCC(NN)c1ccc(Br)c(Cl)c1F. The fourth-order valence-electron chi connectivity index (χ4n) is 1.37. The minimum atomic E-state index is -0.417. The maximum Gasteiger partial charge on any atom is 0.147 e. The predicted octanol–water partition coefficient (Wildman–Crippen LogP) is 3.50. The van der Waals surface area contributed by atoms with Crippen molar-refractivity contribution in [2.75, 3.05) is 12.0 Å². The molecule has 0 aliphatic carbocycles. The number of halogens is 3. The first kappa shape index (κ1) is 14.3. The van der Waals surface area contributed by atoms with Gasteiger partial charge in [-0.05, 0) is 40.4 Å². The third-order valence-corrected chi connectivity index (χ3v) is 4.15. The van der Waals surface area contributed by atoms with Gasteiger partial charge in [-0.25, -0.2) is 4.39 Å². The Hall–Kier alpha value is 0.190. The Morgan fingerprint density at radius 2 is 2.31 bits per heavy atom. The average molecular weight is 328 g/mol. The molecule has 0 saturated carbocycles. The number of benzene rings is 1. The van der Waals surface area contributed by atoms with Crippen molar-refractivity contribution in [1.82, 2.24) is 5.43 Å². The number of thioether (sulfide) groups is 1. The lowest BCUT2D eigenvalue weighted by Gasteiger charge is -2.17. The number of nitrogens with one attached hydrogen (secondary N) is 1. The van der Waals surface area contributed by atoms with E-state index in [1.165, 1.54) is 0 Å². The summed E-state index contributed by atoms with van der Waals surface area (Å²) < 4.78 is 14.4. The number of rotatable bonds is 5. The maximum absolute atomic E-state index is 13.9. The molecule has 3 N–H and O–H groups in total. The molecule has 0 spiro atoms. The van der Waals surface area contributed by atoms with Gasteiger partial charge in [-0.3, -0.25) is 11.3 Å². The van der Waals surface area contributed by atoms with Crippen LogP contribution in [-0.4, -0.2) is 12.0 Å². The van der Waals surface area contributed by atoms with Gasteiger partial charge in [0, 0.05) is 16.1 Å². The molecular weight excluding hydrogens is 315 g/mol. The molecule has 0 heterocycles. The van der Waals surface area contributed by atoms with E-state index in [0.29, 0.717) is 10.0 Å². The summed E-state index contributed by atoms with van der Waals surface area (Å²) in [5, 5.41) is 0.0990. The molecule has 1 aromatic rings. The Morgan fingerprint density at radius 1 is 1.62 bits per heavy atom. The van der Waals surface area contributed by atoms with Crippen LogP contribution in [0.4, 0.5) is 4.39 Å². The maximum atomic E-state index is 13.9. The van der Waals surface area contributed by atoms with E-state index >= 15 is 0 Å². The standard InChI is InChI=1S/C10H13BrClFN2S/c1-16-5-4-8(15-14)6-2-3-7(11)9(12)10(6)13/h2-3,8,15H,4-5,14H2,1H3. The van der Waals surface area contributed by atoms with Crippen LogP contribution >= 0.6 is 39.3 Å². The second-order valence-electron chi connectivity index (χ2n) is 3.27. The molecule has 0 aromatic heterocycles. The van der Waals surface area contributed by atoms with Crippen molar-refractivity contribution in [3.8, 4) is 0 Å². The van der Waals surface area contributed by atoms with Gasteiger partial charge in [-0.2, -0.15) is 11.8 Å². The van der Waals surface area contributed by atoms with Crippen molar-refractivity contribution < 1.29 is 4.39 Å². The van der Waals surface area contributed by atoms with E-state index < -0.39 is 5.82 Å². The smallest absolute Gasteiger partial charge is 0.147 e. The van der Waals surface area contributed by atoms with Gasteiger partial charge in [0.1, 0.15) is 5.82 Å². The minimum absolute atomic E-state index is 0.0990. The molecule has 0 aliphatic rings. The van der Waals surface area contributed by atoms with Gasteiger partial charge < -0.3 is 0 Å². The van der Waals surface area contributed by atoms with Crippen LogP contribution in [0.25, 0.3) is 0 Å². The van der Waals surface area contributed by atoms with Crippen LogP contribution in [0.2, 0.25) is 5.02 Å². The molecule has 1 rings (SSSR count). The van der Waals surface area contributed by atoms with Gasteiger partial charge in [0.2, 0.25) is 0 Å². The van der Waals surface area contributed by atoms with Crippen molar-refractivity contribution >= 4 is 39.3 Å². The summed E-state index contributed by atoms with van der Waals surface area (Å²) in [5.74, 6) is 5.91. The Bertz CT molecular complexity index is 365. The van der Waals surface area contributed by atoms with E-state index in [1.54, 1.807) is 23.9 Å². The van der Waals surface area contributed by atoms with Gasteiger partial charge in [-0.1, -0.05) is 17.7 Å². The summed E-state index contributed by atoms with van der Waals surface area (Å²) in [7, 11) is 0. The van der Waals surface area contributed by atoms with Crippen molar-refractivity contribution in [3.63, 3.8) is 0 Å². The first-order chi connectivity index (χ1) is 7.61. The molecule has 6 heteroatoms. The summed E-state index contributed by atoms with van der Waals surface area (Å²) in [6, 6.07) is 3.21. The van der Waals surface area contributed by atoms with Crippen LogP contribution in [0, 0.1) is 5.82 Å². The zero-order valence-corrected chi connectivity index (χ0v) is 11.9. The first-order valence-corrected chi connectivity index (χ1v) is 7.26. The fourth-order valence-corrected chi connectivity index (χ4v) is 2.32. The third-order valence-electron chi connectivity index (χ3n) is 2.25. The van der Waals surface area contributed by atoms with E-state index in [-0.39, 0.29) is 11.1 Å². The Labute approximate surface area is 112 Å². The summed E-state index contributed by atoms with van der Waals surface area (Å²) >= 11 is 10.7. The third kappa shape index (κ3) is 3.34. The zero-order chi connectivity index (χ0) is 12.1. The van der Waals surface area contributed by atoms with E-state index in [1.807, 2.05) is 6.26 Å². The Kier molecular flexibility index (Phi) is 6.07. The molecule has 1 unspecified atom stereocenters. The largest absolute Gasteiger partial charge is 0.271 e. The van der Waals surface area contributed by atoms with Crippen LogP contribution in [0.3, 0.4) is 0 Å². The van der Waals surface area contributed by atoms with Crippen LogP contribution in [0.15, 0.2) is 16.6 Å². The van der Waals surface area contributed by atoms with Gasteiger partial charge >= 0.3 is 0 Å². The fraction of sp³-hybridized carbons (Fsp3) is 0.400. The lowest BCUT2D eigenvalue weighted by molar-refractivity contribution is 0.504. The summed E-state index contributed by atoms with van der Waals surface area (Å²) in [6.45, 7) is 0. The van der Waals surface area contributed by atoms with E-state index in [9.17, 15) is 4.39 Å². The van der Waals surface area contributed by atoms with Crippen LogP contribution in [-0.2, 0) is 0 Å². The van der Waals surface area contributed by atoms with Crippen LogP contribution in [0.1, 0.15) is 18.0 Å². The highest BCUT2D eigenvalue weighted by Crippen LogP contribution is 2.31. The molecule has 0 aliphatic heterocycles. The monoisotopic (exact) mass is 326 g/mol. The van der Waals surface area contributed by atoms with Gasteiger partial charge in [0.05, 0.1) is 5.02 Å². The minimum Gasteiger partial charge on any atom is -0.271 e. The average Bonchev–Trinajstić information content (AvgIpc) is 2.29. The second-order valence-corrected chi connectivity index (χ2v) is 5.48. The number of hydrogen-bond donors (Lipinski definition) is 2. The molecule has 1 aromatic carbocycles. The lowest BCUT2D eigenvalue weighted by Crippen LogP contribution is -2.29. The normalized spacial score (nSPS) is 12.8. The first-order valence-electron chi connectivity index (χ1n) is 4.70. The van der Waals surface area contributed by atoms with Gasteiger partial charge in [0.15, 0.2) is 0 Å². The summed E-state index contributed by atoms with van der Waals surface area (Å²) in [6.07, 6.45) is 2.76. The molecule has 1 atom stereocenters. The predicted molar refractivity (Wildman–Crippen MR) is 72.2 cm³/mol. The second kappa shape index (κ2) is 6.81. The molecule has 0 fully saturated rings. The van der Waals surface area contributed by atoms with Gasteiger partial charge in [0.25, 0.3) is 0 Å². The number of nitrogens with two attached hydrogens (primary N) is 1. The van der Waals surface area contributed by atoms with E-state index in [4.69, 9.17) is 17.4 Å². The van der Waals surface area contributed by atoms with Gasteiger partial charge in [-0.15, -0.1) is 0 Å². The quantitative estimate of drug-likeness (QED) is 0.494. The van der Waals surface area contributed by atoms with E-state index in [0.717, 1.165) is 12.2 Å². The molecule has 0 saturated heterocycles. The molecule has 0 amide bonds. The van der Waals surface area contributed by atoms with Crippen molar-refractivity contribution in [2.24, 2.45) is 5.84 Å². The molecule has 90 valence electrons. The topological polar surface area (TPSA) is 38.0 Å². The van der Waals surface area contributed by atoms with Crippen molar-refractivity contribution in [3.05, 3.63) is 33.0 Å². The highest BCUT2D eigenvalue weighted by atomic mass is 79.9. The summed E-state index contributed by atoms with van der Waals surface area (Å²) in [4.78, 5) is 0. The highest BCUT2D eigenvalue weighted by molar-refractivity contribution is 9.10. The highest BCUT2D eigenvalue weighted by Gasteiger charge is 2.17. The van der Waals surface area contributed by atoms with Crippen molar-refractivity contribution in [2.45, 2.75) is 12.5 Å². The summed E-state index contributed by atoms with van der Waals surface area (Å²) in [5.41, 5.74) is 3.12. The lowest BCUT2D eigenvalue weighted by atomic mass is 10.0. The molecule has 0 radical (unpaired) electrons. The zero-order valence-electron chi connectivity index (χ0n) is 8.77. The van der Waals surface area contributed by atoms with E-state index in [2.05, 4.69) is 21.4 Å². The molecular formula is C10H13BrClFN2S. The van der Waals surface area contributed by atoms with Crippen molar-refractivity contribution in [1.29, 1.82) is 0 Å². The number of hydrazine groups is 1. The van der Waals surface area contributed by atoms with Crippen LogP contribution < -0.4 is 11.3 Å². The number of hydrogen-bond acceptors (Lipinski definition) is 3. The molecule has 2 nitrogen and oxygen atoms in total. The molecule has 0 bridgehead atoms.